The number of ether oxygens (including phenoxy) is 2. The zero-order valence-electron chi connectivity index (χ0n) is 13.6. The van der Waals surface area contributed by atoms with E-state index in [1.165, 1.54) is 6.92 Å². The SMILES string of the molecule is CC(=O)O[C@H](C(N)=O)[C@](OC(C)=O)(C(N)=O)[C@@H](C)c1ccccc1. The normalized spacial score (nSPS) is 15.5. The first kappa shape index (κ1) is 19.1. The van der Waals surface area contributed by atoms with Gasteiger partial charge in [0.15, 0.2) is 0 Å². The van der Waals surface area contributed by atoms with Crippen LogP contribution in [0.5, 0.6) is 0 Å². The van der Waals surface area contributed by atoms with Crippen LogP contribution in [0.3, 0.4) is 0 Å². The second kappa shape index (κ2) is 7.58. The van der Waals surface area contributed by atoms with E-state index < -0.39 is 41.4 Å². The molecule has 8 heteroatoms. The molecule has 0 aliphatic carbocycles. The molecule has 0 bridgehead atoms. The number of esters is 2. The van der Waals surface area contributed by atoms with Crippen LogP contribution in [0.15, 0.2) is 30.3 Å². The summed E-state index contributed by atoms with van der Waals surface area (Å²) in [5.41, 5.74) is 9.01. The summed E-state index contributed by atoms with van der Waals surface area (Å²) in [5.74, 6) is -4.98. The minimum Gasteiger partial charge on any atom is -0.447 e. The van der Waals surface area contributed by atoms with Crippen molar-refractivity contribution in [2.24, 2.45) is 11.5 Å². The fourth-order valence-corrected chi connectivity index (χ4v) is 2.51. The molecular formula is C16H20N2O6. The van der Waals surface area contributed by atoms with Crippen molar-refractivity contribution in [1.82, 2.24) is 0 Å². The lowest BCUT2D eigenvalue weighted by Gasteiger charge is -2.39. The second-order valence-corrected chi connectivity index (χ2v) is 5.28. The van der Waals surface area contributed by atoms with Crippen molar-refractivity contribution in [1.29, 1.82) is 0 Å². The van der Waals surface area contributed by atoms with Gasteiger partial charge in [0.1, 0.15) is 0 Å². The zero-order chi connectivity index (χ0) is 18.5. The summed E-state index contributed by atoms with van der Waals surface area (Å²) >= 11 is 0. The first-order valence-corrected chi connectivity index (χ1v) is 7.13. The summed E-state index contributed by atoms with van der Waals surface area (Å²) in [6.07, 6.45) is -1.87. The Morgan fingerprint density at radius 3 is 1.92 bits per heavy atom. The maximum atomic E-state index is 12.2. The second-order valence-electron chi connectivity index (χ2n) is 5.28. The van der Waals surface area contributed by atoms with E-state index in [0.717, 1.165) is 13.8 Å². The van der Waals surface area contributed by atoms with Crippen LogP contribution >= 0.6 is 0 Å². The third-order valence-corrected chi connectivity index (χ3v) is 3.57. The number of carbonyl (C=O) groups is 4. The van der Waals surface area contributed by atoms with Gasteiger partial charge in [0.05, 0.1) is 0 Å². The average Bonchev–Trinajstić information content (AvgIpc) is 2.49. The monoisotopic (exact) mass is 336 g/mol. The highest BCUT2D eigenvalue weighted by Crippen LogP contribution is 2.36. The van der Waals surface area contributed by atoms with E-state index in [0.29, 0.717) is 5.56 Å². The van der Waals surface area contributed by atoms with Crippen LogP contribution in [0.25, 0.3) is 0 Å². The largest absolute Gasteiger partial charge is 0.447 e. The molecule has 24 heavy (non-hydrogen) atoms. The van der Waals surface area contributed by atoms with Crippen molar-refractivity contribution in [3.63, 3.8) is 0 Å². The van der Waals surface area contributed by atoms with Crippen molar-refractivity contribution < 1.29 is 28.7 Å². The summed E-state index contributed by atoms with van der Waals surface area (Å²) in [6.45, 7) is 3.59. The van der Waals surface area contributed by atoms with E-state index in [1.54, 1.807) is 30.3 Å². The molecule has 2 amide bonds. The Bertz CT molecular complexity index is 645. The van der Waals surface area contributed by atoms with Gasteiger partial charge in [-0.05, 0) is 5.56 Å². The molecule has 0 radical (unpaired) electrons. The molecule has 4 N–H and O–H groups in total. The van der Waals surface area contributed by atoms with Crippen molar-refractivity contribution in [2.75, 3.05) is 0 Å². The molecule has 1 aromatic rings. The molecule has 0 aromatic heterocycles. The average molecular weight is 336 g/mol. The summed E-state index contributed by atoms with van der Waals surface area (Å²) in [4.78, 5) is 47.0. The van der Waals surface area contributed by atoms with E-state index in [1.807, 2.05) is 0 Å². The molecular weight excluding hydrogens is 316 g/mol. The molecule has 8 nitrogen and oxygen atoms in total. The number of primary amides is 2. The van der Waals surface area contributed by atoms with Crippen molar-refractivity contribution in [2.45, 2.75) is 38.4 Å². The Balaban J connectivity index is 3.58. The lowest BCUT2D eigenvalue weighted by atomic mass is 9.78. The molecule has 0 aliphatic heterocycles. The first-order valence-electron chi connectivity index (χ1n) is 7.13. The molecule has 1 rings (SSSR count). The summed E-state index contributed by atoms with van der Waals surface area (Å²) in [6, 6.07) is 8.42. The molecule has 0 spiro atoms. The smallest absolute Gasteiger partial charge is 0.303 e. The standard InChI is InChI=1S/C16H20N2O6/c1-9(12-7-5-4-6-8-12)16(15(18)22,24-11(3)20)13(14(17)21)23-10(2)19/h4-9,13H,1-3H3,(H2,17,21)(H2,18,22)/t9-,13+,16-/m0/s1. The lowest BCUT2D eigenvalue weighted by Crippen LogP contribution is -2.64. The van der Waals surface area contributed by atoms with Gasteiger partial charge >= 0.3 is 11.9 Å². The lowest BCUT2D eigenvalue weighted by molar-refractivity contribution is -0.193. The Kier molecular flexibility index (Phi) is 6.05. The third kappa shape index (κ3) is 3.89. The van der Waals surface area contributed by atoms with Crippen LogP contribution in [0, 0.1) is 0 Å². The zero-order valence-corrected chi connectivity index (χ0v) is 13.6. The van der Waals surface area contributed by atoms with Crippen LogP contribution in [0.2, 0.25) is 0 Å². The van der Waals surface area contributed by atoms with Crippen LogP contribution in [-0.2, 0) is 28.7 Å². The predicted molar refractivity (Wildman–Crippen MR) is 83.3 cm³/mol. The van der Waals surface area contributed by atoms with Gasteiger partial charge in [0.2, 0.25) is 11.7 Å². The Morgan fingerprint density at radius 1 is 1.00 bits per heavy atom. The van der Waals surface area contributed by atoms with E-state index in [2.05, 4.69) is 0 Å². The topological polar surface area (TPSA) is 139 Å². The number of nitrogens with two attached hydrogens (primary N) is 2. The molecule has 0 fully saturated rings. The van der Waals surface area contributed by atoms with E-state index in [9.17, 15) is 19.2 Å². The van der Waals surface area contributed by atoms with Gasteiger partial charge in [-0.3, -0.25) is 19.2 Å². The molecule has 0 unspecified atom stereocenters. The highest BCUT2D eigenvalue weighted by Gasteiger charge is 2.57. The number of amides is 2. The summed E-state index contributed by atoms with van der Waals surface area (Å²) in [5, 5.41) is 0. The highest BCUT2D eigenvalue weighted by molar-refractivity contribution is 5.96. The van der Waals surface area contributed by atoms with Crippen molar-refractivity contribution in [3.05, 3.63) is 35.9 Å². The molecule has 3 atom stereocenters. The number of carbonyl (C=O) groups excluding carboxylic acids is 4. The number of rotatable bonds is 7. The molecule has 0 saturated carbocycles. The Labute approximate surface area is 139 Å². The fraction of sp³-hybridized carbons (Fsp3) is 0.375. The van der Waals surface area contributed by atoms with Crippen LogP contribution in [0.4, 0.5) is 0 Å². The molecule has 0 aliphatic rings. The maximum absolute atomic E-state index is 12.2. The molecule has 1 aromatic carbocycles. The van der Waals surface area contributed by atoms with Crippen molar-refractivity contribution >= 4 is 23.8 Å². The summed E-state index contributed by atoms with van der Waals surface area (Å²) in [7, 11) is 0. The fourth-order valence-electron chi connectivity index (χ4n) is 2.51. The van der Waals surface area contributed by atoms with Gasteiger partial charge in [0, 0.05) is 19.8 Å². The first-order chi connectivity index (χ1) is 11.1. The Morgan fingerprint density at radius 2 is 1.54 bits per heavy atom. The van der Waals surface area contributed by atoms with E-state index in [-0.39, 0.29) is 0 Å². The number of hydrogen-bond acceptors (Lipinski definition) is 6. The maximum Gasteiger partial charge on any atom is 0.303 e. The van der Waals surface area contributed by atoms with Gasteiger partial charge < -0.3 is 20.9 Å². The van der Waals surface area contributed by atoms with Gasteiger partial charge in [0.25, 0.3) is 11.8 Å². The van der Waals surface area contributed by atoms with Crippen LogP contribution in [-0.4, -0.2) is 35.5 Å². The molecule has 0 saturated heterocycles. The highest BCUT2D eigenvalue weighted by atomic mass is 16.6. The van der Waals surface area contributed by atoms with Crippen LogP contribution < -0.4 is 11.5 Å². The minimum absolute atomic E-state index is 0.538. The quantitative estimate of drug-likeness (QED) is 0.672. The summed E-state index contributed by atoms with van der Waals surface area (Å²) < 4.78 is 10.0. The van der Waals surface area contributed by atoms with E-state index in [4.69, 9.17) is 20.9 Å². The third-order valence-electron chi connectivity index (χ3n) is 3.57. The molecule has 0 heterocycles. The predicted octanol–water partition coefficient (Wildman–Crippen LogP) is -0.00570. The van der Waals surface area contributed by atoms with E-state index >= 15 is 0 Å². The van der Waals surface area contributed by atoms with Gasteiger partial charge in [-0.1, -0.05) is 37.3 Å². The number of hydrogen-bond donors (Lipinski definition) is 2. The minimum atomic E-state index is -2.27. The van der Waals surface area contributed by atoms with Gasteiger partial charge in [-0.2, -0.15) is 0 Å². The van der Waals surface area contributed by atoms with Crippen LogP contribution in [0.1, 0.15) is 32.3 Å². The molecule has 130 valence electrons. The van der Waals surface area contributed by atoms with Gasteiger partial charge in [-0.25, -0.2) is 0 Å². The van der Waals surface area contributed by atoms with Crippen molar-refractivity contribution in [3.8, 4) is 0 Å². The Hall–Kier alpha value is -2.90. The number of benzene rings is 1. The van der Waals surface area contributed by atoms with Gasteiger partial charge in [-0.15, -0.1) is 0 Å².